The molecule has 0 saturated carbocycles. The summed E-state index contributed by atoms with van der Waals surface area (Å²) in [7, 11) is -3.93. The number of hydrogen-bond acceptors (Lipinski definition) is 4. The first-order chi connectivity index (χ1) is 9.31. The number of aryl methyl sites for hydroxylation is 1. The summed E-state index contributed by atoms with van der Waals surface area (Å²) in [5.74, 6) is -0.470. The van der Waals surface area contributed by atoms with E-state index in [9.17, 15) is 12.8 Å². The van der Waals surface area contributed by atoms with Crippen molar-refractivity contribution >= 4 is 37.3 Å². The summed E-state index contributed by atoms with van der Waals surface area (Å²) in [5, 5.41) is -0.264. The van der Waals surface area contributed by atoms with Gasteiger partial charge in [0.1, 0.15) is 5.82 Å². The molecule has 0 amide bonds. The number of pyridine rings is 1. The molecule has 2 rings (SSSR count). The maximum Gasteiger partial charge on any atom is 0.281 e. The molecule has 0 aliphatic heterocycles. The first kappa shape index (κ1) is 14.7. The number of hydrogen-bond donors (Lipinski definition) is 2. The highest BCUT2D eigenvalue weighted by Crippen LogP contribution is 2.26. The molecule has 0 aliphatic rings. The maximum atomic E-state index is 13.3. The van der Waals surface area contributed by atoms with Gasteiger partial charge in [0.05, 0.1) is 15.8 Å². The lowest BCUT2D eigenvalue weighted by atomic mass is 10.2. The fraction of sp³-hybridized carbons (Fsp3) is 0.0833. The van der Waals surface area contributed by atoms with E-state index in [1.54, 1.807) is 6.92 Å². The van der Waals surface area contributed by atoms with Crippen LogP contribution in [0.25, 0.3) is 0 Å². The Morgan fingerprint density at radius 3 is 2.75 bits per heavy atom. The standard InChI is InChI=1S/C12H11BrFN3O2S/c1-7-5-9(14)8(13)6-11(7)17-20(18,19)12-10(15)3-2-4-16-12/h2-6,17H,15H2,1H3. The van der Waals surface area contributed by atoms with E-state index in [4.69, 9.17) is 5.73 Å². The van der Waals surface area contributed by atoms with Crippen molar-refractivity contribution in [2.24, 2.45) is 0 Å². The van der Waals surface area contributed by atoms with Gasteiger partial charge in [0, 0.05) is 6.20 Å². The van der Waals surface area contributed by atoms with Crippen LogP contribution in [0.2, 0.25) is 0 Å². The van der Waals surface area contributed by atoms with E-state index in [0.717, 1.165) is 0 Å². The fourth-order valence-electron chi connectivity index (χ4n) is 1.58. The summed E-state index contributed by atoms with van der Waals surface area (Å²) in [5.41, 5.74) is 6.34. The van der Waals surface area contributed by atoms with Crippen molar-refractivity contribution in [1.82, 2.24) is 4.98 Å². The normalized spacial score (nSPS) is 11.3. The first-order valence-corrected chi connectivity index (χ1v) is 7.78. The van der Waals surface area contributed by atoms with Crippen LogP contribution in [0, 0.1) is 12.7 Å². The molecule has 1 heterocycles. The number of sulfonamides is 1. The molecule has 0 spiro atoms. The van der Waals surface area contributed by atoms with E-state index in [1.807, 2.05) is 0 Å². The smallest absolute Gasteiger partial charge is 0.281 e. The van der Waals surface area contributed by atoms with Gasteiger partial charge in [0.15, 0.2) is 5.03 Å². The number of aromatic nitrogens is 1. The third-order valence-corrected chi connectivity index (χ3v) is 4.51. The summed E-state index contributed by atoms with van der Waals surface area (Å²) >= 11 is 3.01. The number of nitrogens with one attached hydrogen (secondary N) is 1. The van der Waals surface area contributed by atoms with Gasteiger partial charge in [-0.25, -0.2) is 9.37 Å². The number of rotatable bonds is 3. The van der Waals surface area contributed by atoms with Gasteiger partial charge < -0.3 is 5.73 Å². The lowest BCUT2D eigenvalue weighted by molar-refractivity contribution is 0.597. The molecule has 0 saturated heterocycles. The molecule has 2 aromatic rings. The number of benzene rings is 1. The summed E-state index contributed by atoms with van der Waals surface area (Å²) in [6, 6.07) is 5.55. The van der Waals surface area contributed by atoms with Crippen molar-refractivity contribution in [2.45, 2.75) is 11.9 Å². The highest BCUT2D eigenvalue weighted by atomic mass is 79.9. The highest BCUT2D eigenvalue weighted by molar-refractivity contribution is 9.10. The van der Waals surface area contributed by atoms with Crippen LogP contribution in [-0.4, -0.2) is 13.4 Å². The molecule has 1 aromatic carbocycles. The Balaban J connectivity index is 2.44. The van der Waals surface area contributed by atoms with Crippen LogP contribution in [0.3, 0.4) is 0 Å². The van der Waals surface area contributed by atoms with Crippen LogP contribution in [0.5, 0.6) is 0 Å². The molecule has 1 aromatic heterocycles. The van der Waals surface area contributed by atoms with Crippen molar-refractivity contribution in [2.75, 3.05) is 10.5 Å². The quantitative estimate of drug-likeness (QED) is 0.881. The predicted molar refractivity (Wildman–Crippen MR) is 78.3 cm³/mol. The second kappa shape index (κ2) is 5.37. The van der Waals surface area contributed by atoms with Crippen LogP contribution in [-0.2, 0) is 10.0 Å². The molecule has 20 heavy (non-hydrogen) atoms. The van der Waals surface area contributed by atoms with Gasteiger partial charge in [-0.05, 0) is 52.7 Å². The van der Waals surface area contributed by atoms with Crippen LogP contribution in [0.4, 0.5) is 15.8 Å². The summed E-state index contributed by atoms with van der Waals surface area (Å²) in [6.07, 6.45) is 1.33. The van der Waals surface area contributed by atoms with Crippen molar-refractivity contribution in [3.05, 3.63) is 46.3 Å². The summed E-state index contributed by atoms with van der Waals surface area (Å²) in [4.78, 5) is 3.75. The van der Waals surface area contributed by atoms with Crippen molar-refractivity contribution in [1.29, 1.82) is 0 Å². The zero-order chi connectivity index (χ0) is 14.9. The Morgan fingerprint density at radius 2 is 2.10 bits per heavy atom. The molecule has 0 radical (unpaired) electrons. The monoisotopic (exact) mass is 359 g/mol. The molecule has 8 heteroatoms. The number of anilines is 2. The second-order valence-corrected chi connectivity index (χ2v) is 6.54. The molecule has 0 fully saturated rings. The van der Waals surface area contributed by atoms with Crippen LogP contribution in [0.1, 0.15) is 5.56 Å². The molecule has 3 N–H and O–H groups in total. The Hall–Kier alpha value is -1.67. The van der Waals surface area contributed by atoms with Crippen LogP contribution >= 0.6 is 15.9 Å². The van der Waals surface area contributed by atoms with Crippen LogP contribution in [0.15, 0.2) is 40.0 Å². The minimum absolute atomic E-state index is 0.0406. The Labute approximate surface area is 124 Å². The minimum Gasteiger partial charge on any atom is -0.396 e. The zero-order valence-corrected chi connectivity index (χ0v) is 12.8. The van der Waals surface area contributed by atoms with Crippen molar-refractivity contribution in [3.8, 4) is 0 Å². The number of halogens is 2. The second-order valence-electron chi connectivity index (χ2n) is 4.08. The zero-order valence-electron chi connectivity index (χ0n) is 10.4. The van der Waals surface area contributed by atoms with Crippen molar-refractivity contribution in [3.63, 3.8) is 0 Å². The van der Waals surface area contributed by atoms with Crippen LogP contribution < -0.4 is 10.5 Å². The molecule has 106 valence electrons. The molecule has 0 atom stereocenters. The molecule has 0 bridgehead atoms. The largest absolute Gasteiger partial charge is 0.396 e. The van der Waals surface area contributed by atoms with Gasteiger partial charge in [-0.1, -0.05) is 0 Å². The van der Waals surface area contributed by atoms with E-state index >= 15 is 0 Å². The third-order valence-electron chi connectivity index (χ3n) is 2.57. The number of nitrogens with two attached hydrogens (primary N) is 1. The van der Waals surface area contributed by atoms with Gasteiger partial charge in [-0.15, -0.1) is 0 Å². The average Bonchev–Trinajstić information content (AvgIpc) is 2.36. The lowest BCUT2D eigenvalue weighted by Crippen LogP contribution is -2.17. The Kier molecular flexibility index (Phi) is 3.96. The first-order valence-electron chi connectivity index (χ1n) is 5.50. The fourth-order valence-corrected chi connectivity index (χ4v) is 3.10. The van der Waals surface area contributed by atoms with Gasteiger partial charge >= 0.3 is 0 Å². The van der Waals surface area contributed by atoms with Gasteiger partial charge in [-0.2, -0.15) is 8.42 Å². The number of nitrogens with zero attached hydrogens (tertiary/aromatic N) is 1. The van der Waals surface area contributed by atoms with Gasteiger partial charge in [0.2, 0.25) is 0 Å². The topological polar surface area (TPSA) is 85.1 Å². The van der Waals surface area contributed by atoms with E-state index in [0.29, 0.717) is 5.56 Å². The van der Waals surface area contributed by atoms with E-state index in [1.165, 1.54) is 30.5 Å². The van der Waals surface area contributed by atoms with Gasteiger partial charge in [0.25, 0.3) is 10.0 Å². The molecule has 5 nitrogen and oxygen atoms in total. The molecule has 0 aliphatic carbocycles. The third kappa shape index (κ3) is 2.91. The van der Waals surface area contributed by atoms with Crippen molar-refractivity contribution < 1.29 is 12.8 Å². The lowest BCUT2D eigenvalue weighted by Gasteiger charge is -2.12. The summed E-state index contributed by atoms with van der Waals surface area (Å²) in [6.45, 7) is 1.59. The average molecular weight is 360 g/mol. The van der Waals surface area contributed by atoms with Gasteiger partial charge in [-0.3, -0.25) is 4.72 Å². The number of nitrogen functional groups attached to an aromatic ring is 1. The van der Waals surface area contributed by atoms with E-state index < -0.39 is 15.8 Å². The SMILES string of the molecule is Cc1cc(F)c(Br)cc1NS(=O)(=O)c1ncccc1N. The van der Waals surface area contributed by atoms with E-state index in [2.05, 4.69) is 25.6 Å². The predicted octanol–water partition coefficient (Wildman–Crippen LogP) is 2.67. The Morgan fingerprint density at radius 1 is 1.40 bits per heavy atom. The summed E-state index contributed by atoms with van der Waals surface area (Å²) < 4.78 is 40.2. The maximum absolute atomic E-state index is 13.3. The molecular formula is C12H11BrFN3O2S. The molecular weight excluding hydrogens is 349 g/mol. The van der Waals surface area contributed by atoms with E-state index in [-0.39, 0.29) is 20.9 Å². The Bertz CT molecular complexity index is 765. The highest BCUT2D eigenvalue weighted by Gasteiger charge is 2.20. The minimum atomic E-state index is -3.93. The molecule has 0 unspecified atom stereocenters.